The zero-order valence-corrected chi connectivity index (χ0v) is 19.1. The second-order valence-corrected chi connectivity index (χ2v) is 9.26. The molecule has 0 unspecified atom stereocenters. The van der Waals surface area contributed by atoms with Crippen molar-refractivity contribution in [3.05, 3.63) is 48.3 Å². The largest absolute Gasteiger partial charge is 0.497 e. The molecule has 0 saturated heterocycles. The molecule has 5 nitrogen and oxygen atoms in total. The lowest BCUT2D eigenvalue weighted by Crippen LogP contribution is -2.33. The molecule has 0 bridgehead atoms. The molecule has 160 valence electrons. The van der Waals surface area contributed by atoms with E-state index in [4.69, 9.17) is 4.74 Å². The van der Waals surface area contributed by atoms with Gasteiger partial charge in [0.15, 0.2) is 5.13 Å². The maximum atomic E-state index is 13.6. The summed E-state index contributed by atoms with van der Waals surface area (Å²) in [6, 6.07) is 12.3. The number of nitrogens with zero attached hydrogens (tertiary/aromatic N) is 3. The van der Waals surface area contributed by atoms with E-state index in [1.54, 1.807) is 29.8 Å². The molecule has 0 radical (unpaired) electrons. The quantitative estimate of drug-likeness (QED) is 0.413. The Kier molecular flexibility index (Phi) is 8.07. The molecule has 0 aliphatic rings. The van der Waals surface area contributed by atoms with Crippen molar-refractivity contribution in [3.8, 4) is 5.75 Å². The van der Waals surface area contributed by atoms with E-state index in [1.807, 2.05) is 38.4 Å². The van der Waals surface area contributed by atoms with Gasteiger partial charge in [-0.2, -0.15) is 0 Å². The number of thioether (sulfide) groups is 1. The van der Waals surface area contributed by atoms with E-state index in [0.717, 1.165) is 33.8 Å². The Hall–Kier alpha value is -2.16. The Labute approximate surface area is 184 Å². The number of carbonyl (C=O) groups excluding carboxylic acids is 1. The minimum atomic E-state index is -0.293. The monoisotopic (exact) mass is 447 g/mol. The number of anilines is 1. The van der Waals surface area contributed by atoms with Gasteiger partial charge in [-0.3, -0.25) is 9.69 Å². The van der Waals surface area contributed by atoms with Gasteiger partial charge in [-0.1, -0.05) is 11.3 Å². The van der Waals surface area contributed by atoms with Crippen LogP contribution in [0, 0.1) is 5.82 Å². The van der Waals surface area contributed by atoms with Crippen molar-refractivity contribution in [1.82, 2.24) is 9.88 Å². The third kappa shape index (κ3) is 6.17. The van der Waals surface area contributed by atoms with E-state index in [1.165, 1.54) is 23.5 Å². The summed E-state index contributed by atoms with van der Waals surface area (Å²) in [5, 5.41) is 0.633. The zero-order chi connectivity index (χ0) is 21.5. The SMILES string of the molecule is COc1ccc(SCCC(=O)N(CCCN(C)C)c2nc3ccc(F)cc3s2)cc1. The second kappa shape index (κ2) is 10.7. The topological polar surface area (TPSA) is 45.7 Å². The standard InChI is InChI=1S/C22H26FN3O2S2/c1-25(2)12-4-13-26(22-24-19-10-5-16(23)15-20(19)30-22)21(27)11-14-29-18-8-6-17(28-3)7-9-18/h5-10,15H,4,11-14H2,1-3H3. The molecule has 0 fully saturated rings. The number of aromatic nitrogens is 1. The first kappa shape index (κ1) is 22.5. The van der Waals surface area contributed by atoms with Crippen LogP contribution in [0.3, 0.4) is 0 Å². The van der Waals surface area contributed by atoms with Crippen molar-refractivity contribution in [2.24, 2.45) is 0 Å². The van der Waals surface area contributed by atoms with Gasteiger partial charge in [0, 0.05) is 23.6 Å². The van der Waals surface area contributed by atoms with Crippen LogP contribution in [0.1, 0.15) is 12.8 Å². The van der Waals surface area contributed by atoms with Crippen LogP contribution in [-0.2, 0) is 4.79 Å². The minimum absolute atomic E-state index is 0.0364. The van der Waals surface area contributed by atoms with Crippen LogP contribution in [0.15, 0.2) is 47.4 Å². The van der Waals surface area contributed by atoms with Crippen LogP contribution in [0.5, 0.6) is 5.75 Å². The van der Waals surface area contributed by atoms with Crippen molar-refractivity contribution in [1.29, 1.82) is 0 Å². The summed E-state index contributed by atoms with van der Waals surface area (Å²) in [4.78, 5) is 22.5. The number of amides is 1. The number of methoxy groups -OCH3 is 1. The van der Waals surface area contributed by atoms with Crippen LogP contribution < -0.4 is 9.64 Å². The molecule has 8 heteroatoms. The van der Waals surface area contributed by atoms with Gasteiger partial charge in [-0.05, 0) is 69.5 Å². The third-order valence-corrected chi connectivity index (χ3v) is 6.56. The summed E-state index contributed by atoms with van der Waals surface area (Å²) in [6.07, 6.45) is 1.25. The van der Waals surface area contributed by atoms with Crippen molar-refractivity contribution in [2.75, 3.05) is 44.9 Å². The van der Waals surface area contributed by atoms with Crippen LogP contribution in [0.25, 0.3) is 10.2 Å². The number of hydrogen-bond acceptors (Lipinski definition) is 6. The molecule has 0 aliphatic heterocycles. The molecule has 1 amide bonds. The Morgan fingerprint density at radius 2 is 1.93 bits per heavy atom. The van der Waals surface area contributed by atoms with Crippen molar-refractivity contribution in [3.63, 3.8) is 0 Å². The van der Waals surface area contributed by atoms with Gasteiger partial charge >= 0.3 is 0 Å². The first-order valence-electron chi connectivity index (χ1n) is 9.74. The molecule has 0 aliphatic carbocycles. The number of fused-ring (bicyclic) bond motifs is 1. The maximum absolute atomic E-state index is 13.6. The van der Waals surface area contributed by atoms with Gasteiger partial charge in [0.1, 0.15) is 11.6 Å². The van der Waals surface area contributed by atoms with Crippen LogP contribution >= 0.6 is 23.1 Å². The van der Waals surface area contributed by atoms with E-state index in [2.05, 4.69) is 9.88 Å². The predicted molar refractivity (Wildman–Crippen MR) is 123 cm³/mol. The highest BCUT2D eigenvalue weighted by Gasteiger charge is 2.19. The highest BCUT2D eigenvalue weighted by Crippen LogP contribution is 2.30. The molecule has 0 spiro atoms. The molecule has 0 saturated carbocycles. The predicted octanol–water partition coefficient (Wildman–Crippen LogP) is 4.91. The average molecular weight is 448 g/mol. The number of carbonyl (C=O) groups is 1. The summed E-state index contributed by atoms with van der Waals surface area (Å²) in [6.45, 7) is 1.47. The number of ether oxygens (including phenoxy) is 1. The van der Waals surface area contributed by atoms with Crippen molar-refractivity contribution in [2.45, 2.75) is 17.7 Å². The van der Waals surface area contributed by atoms with E-state index in [0.29, 0.717) is 23.8 Å². The molecule has 3 aromatic rings. The first-order valence-corrected chi connectivity index (χ1v) is 11.5. The molecule has 0 N–H and O–H groups in total. The van der Waals surface area contributed by atoms with Gasteiger partial charge in [0.05, 0.1) is 17.3 Å². The fourth-order valence-corrected chi connectivity index (χ4v) is 4.81. The van der Waals surface area contributed by atoms with Gasteiger partial charge in [0.2, 0.25) is 5.91 Å². The van der Waals surface area contributed by atoms with Crippen molar-refractivity contribution >= 4 is 44.4 Å². The summed E-state index contributed by atoms with van der Waals surface area (Å²) in [7, 11) is 5.67. The lowest BCUT2D eigenvalue weighted by atomic mass is 10.3. The minimum Gasteiger partial charge on any atom is -0.497 e. The van der Waals surface area contributed by atoms with E-state index < -0.39 is 0 Å². The Morgan fingerprint density at radius 3 is 2.63 bits per heavy atom. The molecule has 30 heavy (non-hydrogen) atoms. The molecule has 2 aromatic carbocycles. The number of hydrogen-bond donors (Lipinski definition) is 0. The zero-order valence-electron chi connectivity index (χ0n) is 17.4. The van der Waals surface area contributed by atoms with E-state index in [-0.39, 0.29) is 11.7 Å². The lowest BCUT2D eigenvalue weighted by Gasteiger charge is -2.21. The Morgan fingerprint density at radius 1 is 1.17 bits per heavy atom. The van der Waals surface area contributed by atoms with E-state index in [9.17, 15) is 9.18 Å². The number of benzene rings is 2. The Balaban J connectivity index is 1.67. The molecule has 3 rings (SSSR count). The van der Waals surface area contributed by atoms with Gasteiger partial charge < -0.3 is 9.64 Å². The second-order valence-electron chi connectivity index (χ2n) is 7.08. The van der Waals surface area contributed by atoms with Crippen LogP contribution in [0.4, 0.5) is 9.52 Å². The highest BCUT2D eigenvalue weighted by atomic mass is 32.2. The van der Waals surface area contributed by atoms with Crippen molar-refractivity contribution < 1.29 is 13.9 Å². The maximum Gasteiger partial charge on any atom is 0.229 e. The van der Waals surface area contributed by atoms with Crippen LogP contribution in [-0.4, -0.2) is 55.8 Å². The summed E-state index contributed by atoms with van der Waals surface area (Å²) in [5.41, 5.74) is 0.717. The molecule has 0 atom stereocenters. The molecule has 1 aromatic heterocycles. The highest BCUT2D eigenvalue weighted by molar-refractivity contribution is 7.99. The number of halogens is 1. The fraction of sp³-hybridized carbons (Fsp3) is 0.364. The average Bonchev–Trinajstić information content (AvgIpc) is 3.14. The smallest absolute Gasteiger partial charge is 0.229 e. The first-order chi connectivity index (χ1) is 14.5. The summed E-state index contributed by atoms with van der Waals surface area (Å²) in [5.74, 6) is 1.23. The van der Waals surface area contributed by atoms with Gasteiger partial charge in [-0.25, -0.2) is 9.37 Å². The number of rotatable bonds is 10. The van der Waals surface area contributed by atoms with Gasteiger partial charge in [-0.15, -0.1) is 11.8 Å². The number of thiazole rings is 1. The summed E-state index contributed by atoms with van der Waals surface area (Å²) >= 11 is 3.00. The Bertz CT molecular complexity index is 976. The van der Waals surface area contributed by atoms with Crippen LogP contribution in [0.2, 0.25) is 0 Å². The van der Waals surface area contributed by atoms with E-state index >= 15 is 0 Å². The molecular formula is C22H26FN3O2S2. The lowest BCUT2D eigenvalue weighted by molar-refractivity contribution is -0.118. The fourth-order valence-electron chi connectivity index (χ4n) is 2.94. The third-order valence-electron chi connectivity index (χ3n) is 4.50. The summed E-state index contributed by atoms with van der Waals surface area (Å²) < 4.78 is 19.5. The molecular weight excluding hydrogens is 421 g/mol. The normalized spacial score (nSPS) is 11.2. The van der Waals surface area contributed by atoms with Gasteiger partial charge in [0.25, 0.3) is 0 Å². The molecule has 1 heterocycles.